The first-order valence-corrected chi connectivity index (χ1v) is 15.3. The maximum absolute atomic E-state index is 12.3. The fourth-order valence-corrected chi connectivity index (χ4v) is 7.66. The molecule has 8 nitrogen and oxygen atoms in total. The van der Waals surface area contributed by atoms with Crippen LogP contribution in [0.4, 0.5) is 16.2 Å². The maximum atomic E-state index is 12.3. The first-order valence-electron chi connectivity index (χ1n) is 11.9. The van der Waals surface area contributed by atoms with Gasteiger partial charge in [0.1, 0.15) is 14.9 Å². The monoisotopic (exact) mass is 606 g/mol. The van der Waals surface area contributed by atoms with Gasteiger partial charge in [-0.1, -0.05) is 17.7 Å². The van der Waals surface area contributed by atoms with E-state index in [1.165, 1.54) is 22.7 Å². The third-order valence-electron chi connectivity index (χ3n) is 6.09. The predicted molar refractivity (Wildman–Crippen MR) is 162 cm³/mol. The molecule has 0 saturated heterocycles. The number of carbonyl (C=O) groups is 1. The van der Waals surface area contributed by atoms with Crippen LogP contribution in [0, 0.1) is 6.92 Å². The Hall–Kier alpha value is -3.87. The summed E-state index contributed by atoms with van der Waals surface area (Å²) >= 11 is 8.63. The van der Waals surface area contributed by atoms with E-state index in [1.54, 1.807) is 43.3 Å². The molecule has 6 aromatic rings. The van der Waals surface area contributed by atoms with Crippen molar-refractivity contribution in [3.8, 4) is 21.1 Å². The number of halogens is 1. The van der Waals surface area contributed by atoms with Crippen molar-refractivity contribution >= 4 is 82.2 Å². The third kappa shape index (κ3) is 5.29. The number of amides is 2. The molecule has 2 amide bonds. The van der Waals surface area contributed by atoms with Gasteiger partial charge in [0.05, 0.1) is 20.4 Å². The average Bonchev–Trinajstić information content (AvgIpc) is 3.53. The Morgan fingerprint density at radius 2 is 1.38 bits per heavy atom. The number of aromatic nitrogens is 2. The van der Waals surface area contributed by atoms with Crippen molar-refractivity contribution in [3.05, 3.63) is 89.4 Å². The average molecular weight is 607 g/mol. The number of anilines is 2. The van der Waals surface area contributed by atoms with Gasteiger partial charge in [-0.15, -0.1) is 22.7 Å². The van der Waals surface area contributed by atoms with Crippen LogP contribution in [0.5, 0.6) is 0 Å². The van der Waals surface area contributed by atoms with Crippen LogP contribution in [0.15, 0.2) is 83.8 Å². The molecular formula is C28H19ClN4O4S3. The minimum Gasteiger partial charge on any atom is -0.308 e. The zero-order valence-electron chi connectivity index (χ0n) is 20.7. The third-order valence-corrected chi connectivity index (χ3v) is 9.72. The number of aryl methyl sites for hydroxylation is 1. The van der Waals surface area contributed by atoms with Gasteiger partial charge in [-0.25, -0.2) is 14.8 Å². The summed E-state index contributed by atoms with van der Waals surface area (Å²) in [6.07, 6.45) is 0. The summed E-state index contributed by atoms with van der Waals surface area (Å²) in [6.45, 7) is 1.64. The summed E-state index contributed by atoms with van der Waals surface area (Å²) in [5.74, 6) is 0. The number of nitrogens with zero attached hydrogens (tertiary/aromatic N) is 2. The zero-order valence-corrected chi connectivity index (χ0v) is 23.9. The molecule has 0 atom stereocenters. The smallest absolute Gasteiger partial charge is 0.308 e. The molecule has 0 saturated carbocycles. The second-order valence-electron chi connectivity index (χ2n) is 8.92. The summed E-state index contributed by atoms with van der Waals surface area (Å²) in [6, 6.07) is 23.1. The van der Waals surface area contributed by atoms with E-state index in [2.05, 4.69) is 15.6 Å². The second kappa shape index (κ2) is 10.3. The Kier molecular flexibility index (Phi) is 6.77. The van der Waals surface area contributed by atoms with Crippen molar-refractivity contribution in [1.82, 2.24) is 9.97 Å². The molecule has 40 heavy (non-hydrogen) atoms. The molecule has 0 bridgehead atoms. The number of thiazole rings is 2. The van der Waals surface area contributed by atoms with E-state index in [0.29, 0.717) is 37.2 Å². The normalized spacial score (nSPS) is 11.7. The van der Waals surface area contributed by atoms with Crippen LogP contribution < -0.4 is 10.6 Å². The molecule has 2 aromatic heterocycles. The lowest BCUT2D eigenvalue weighted by Crippen LogP contribution is -2.19. The van der Waals surface area contributed by atoms with E-state index in [-0.39, 0.29) is 10.9 Å². The zero-order chi connectivity index (χ0) is 28.0. The number of benzene rings is 4. The van der Waals surface area contributed by atoms with Gasteiger partial charge in [0, 0.05) is 27.5 Å². The molecule has 6 rings (SSSR count). The topological polar surface area (TPSA) is 121 Å². The molecule has 12 heteroatoms. The van der Waals surface area contributed by atoms with Crippen molar-refractivity contribution < 1.29 is 17.8 Å². The van der Waals surface area contributed by atoms with Crippen molar-refractivity contribution in [2.24, 2.45) is 0 Å². The highest BCUT2D eigenvalue weighted by Crippen LogP contribution is 2.38. The van der Waals surface area contributed by atoms with Gasteiger partial charge in [0.2, 0.25) is 0 Å². The first-order chi connectivity index (χ1) is 19.1. The Bertz CT molecular complexity index is 2020. The maximum Gasteiger partial charge on any atom is 0.323 e. The largest absolute Gasteiger partial charge is 0.323 e. The number of rotatable bonds is 5. The highest BCUT2D eigenvalue weighted by atomic mass is 35.5. The van der Waals surface area contributed by atoms with Crippen LogP contribution in [0.3, 0.4) is 0 Å². The molecular weight excluding hydrogens is 588 g/mol. The van der Waals surface area contributed by atoms with Crippen LogP contribution in [0.25, 0.3) is 41.6 Å². The first kappa shape index (κ1) is 26.4. The Balaban J connectivity index is 1.23. The van der Waals surface area contributed by atoms with Gasteiger partial charge in [0.25, 0.3) is 10.1 Å². The lowest BCUT2D eigenvalue weighted by molar-refractivity contribution is 0.262. The van der Waals surface area contributed by atoms with Crippen molar-refractivity contribution in [3.63, 3.8) is 0 Å². The van der Waals surface area contributed by atoms with E-state index in [4.69, 9.17) is 16.6 Å². The fourth-order valence-electron chi connectivity index (χ4n) is 4.21. The van der Waals surface area contributed by atoms with E-state index >= 15 is 0 Å². The van der Waals surface area contributed by atoms with Crippen molar-refractivity contribution in [2.75, 3.05) is 10.6 Å². The lowest BCUT2D eigenvalue weighted by atomic mass is 10.2. The summed E-state index contributed by atoms with van der Waals surface area (Å²) < 4.78 is 35.1. The van der Waals surface area contributed by atoms with Crippen LogP contribution in [0.2, 0.25) is 5.02 Å². The van der Waals surface area contributed by atoms with E-state index in [9.17, 15) is 17.8 Å². The van der Waals surface area contributed by atoms with Crippen molar-refractivity contribution in [2.45, 2.75) is 11.8 Å². The summed E-state index contributed by atoms with van der Waals surface area (Å²) in [5.41, 5.74) is 4.80. The minimum absolute atomic E-state index is 0.102. The molecule has 0 aliphatic carbocycles. The number of fused-ring (bicyclic) bond motifs is 2. The number of urea groups is 1. The SMILES string of the molecule is Cc1ccc2nc(-c3ccc4nc(-c5ccc(NC(=O)Nc6ccc(Cl)cc6)cc5)sc4c3)sc2c1S(=O)(=O)O. The van der Waals surface area contributed by atoms with Gasteiger partial charge in [-0.3, -0.25) is 4.55 Å². The quantitative estimate of drug-likeness (QED) is 0.170. The van der Waals surface area contributed by atoms with Crippen LogP contribution >= 0.6 is 34.3 Å². The van der Waals surface area contributed by atoms with E-state index < -0.39 is 10.1 Å². The summed E-state index contributed by atoms with van der Waals surface area (Å²) in [7, 11) is -4.39. The minimum atomic E-state index is -4.39. The van der Waals surface area contributed by atoms with Gasteiger partial charge >= 0.3 is 6.03 Å². The molecule has 0 fully saturated rings. The molecule has 0 spiro atoms. The highest BCUT2D eigenvalue weighted by Gasteiger charge is 2.21. The highest BCUT2D eigenvalue weighted by molar-refractivity contribution is 7.86. The second-order valence-corrected chi connectivity index (χ2v) is 12.7. The molecule has 0 aliphatic heterocycles. The predicted octanol–water partition coefficient (Wildman–Crippen LogP) is 8.09. The Labute approximate surface area is 242 Å². The van der Waals surface area contributed by atoms with Crippen molar-refractivity contribution in [1.29, 1.82) is 0 Å². The standard InChI is InChI=1S/C28H19ClN4O4S3/c1-15-2-12-22-24(25(15)40(35,36)37)39-27(33-22)17-5-13-21-23(14-17)38-26(32-21)16-3-8-19(9-4-16)30-28(34)31-20-10-6-18(29)7-11-20/h2-14H,1H3,(H2,30,31,34)(H,35,36,37). The number of hydrogen-bond acceptors (Lipinski definition) is 7. The summed E-state index contributed by atoms with van der Waals surface area (Å²) in [5, 5.41) is 7.62. The molecule has 200 valence electrons. The molecule has 2 heterocycles. The lowest BCUT2D eigenvalue weighted by Gasteiger charge is -2.08. The van der Waals surface area contributed by atoms with Gasteiger partial charge in [-0.05, 0) is 85.3 Å². The molecule has 0 unspecified atom stereocenters. The summed E-state index contributed by atoms with van der Waals surface area (Å²) in [4.78, 5) is 21.6. The fraction of sp³-hybridized carbons (Fsp3) is 0.0357. The van der Waals surface area contributed by atoms with Crippen LogP contribution in [-0.2, 0) is 10.1 Å². The molecule has 3 N–H and O–H groups in total. The number of nitrogens with one attached hydrogen (secondary N) is 2. The Morgan fingerprint density at radius 1 is 0.800 bits per heavy atom. The van der Waals surface area contributed by atoms with E-state index in [0.717, 1.165) is 26.4 Å². The Morgan fingerprint density at radius 3 is 2.05 bits per heavy atom. The molecule has 0 aliphatic rings. The molecule has 0 radical (unpaired) electrons. The van der Waals surface area contributed by atoms with Crippen LogP contribution in [0.1, 0.15) is 5.56 Å². The van der Waals surface area contributed by atoms with Crippen LogP contribution in [-0.4, -0.2) is 29.0 Å². The van der Waals surface area contributed by atoms with Gasteiger partial charge < -0.3 is 10.6 Å². The number of hydrogen-bond donors (Lipinski definition) is 3. The van der Waals surface area contributed by atoms with Gasteiger partial charge in [0.15, 0.2) is 0 Å². The molecule has 4 aromatic carbocycles. The van der Waals surface area contributed by atoms with Gasteiger partial charge in [-0.2, -0.15) is 8.42 Å². The number of carbonyl (C=O) groups excluding carboxylic acids is 1. The van der Waals surface area contributed by atoms with E-state index in [1.807, 2.05) is 42.5 Å².